The van der Waals surface area contributed by atoms with E-state index < -0.39 is 14.0 Å². The molecule has 4 unspecified atom stereocenters. The summed E-state index contributed by atoms with van der Waals surface area (Å²) < 4.78 is 36.6. The van der Waals surface area contributed by atoms with Gasteiger partial charge in [0.1, 0.15) is 0 Å². The van der Waals surface area contributed by atoms with Crippen LogP contribution in [0.5, 0.6) is 0 Å². The van der Waals surface area contributed by atoms with Crippen molar-refractivity contribution in [2.75, 3.05) is 41.7 Å². The number of epoxide rings is 2. The Morgan fingerprint density at radius 3 is 1.68 bits per heavy atom. The van der Waals surface area contributed by atoms with Gasteiger partial charge in [0.2, 0.25) is 5.41 Å². The Morgan fingerprint density at radius 2 is 1.36 bits per heavy atom. The summed E-state index contributed by atoms with van der Waals surface area (Å²) in [6.07, 6.45) is 7.09. The van der Waals surface area contributed by atoms with E-state index in [9.17, 15) is 0 Å². The van der Waals surface area contributed by atoms with Gasteiger partial charge in [0.15, 0.2) is 0 Å². The predicted octanol–water partition coefficient (Wildman–Crippen LogP) is 3.66. The molecule has 0 bridgehead atoms. The fourth-order valence-electron chi connectivity index (χ4n) is 6.43. The van der Waals surface area contributed by atoms with Gasteiger partial charge in [0.05, 0.1) is 25.4 Å². The van der Waals surface area contributed by atoms with Crippen LogP contribution in [0.15, 0.2) is 0 Å². The molecule has 0 aromatic carbocycles. The van der Waals surface area contributed by atoms with Crippen LogP contribution in [0, 0.1) is 17.3 Å². The molecule has 28 heavy (non-hydrogen) atoms. The Hall–Kier alpha value is -0.0231. The third kappa shape index (κ3) is 3.51. The van der Waals surface area contributed by atoms with E-state index in [0.717, 1.165) is 57.8 Å². The lowest BCUT2D eigenvalue weighted by Gasteiger charge is -2.63. The van der Waals surface area contributed by atoms with Crippen LogP contribution in [0.25, 0.3) is 0 Å². The molecule has 3 rings (SSSR count). The van der Waals surface area contributed by atoms with Gasteiger partial charge < -0.3 is 27.8 Å². The minimum atomic E-state index is -2.79. The van der Waals surface area contributed by atoms with E-state index >= 15 is 0 Å². The van der Waals surface area contributed by atoms with Crippen LogP contribution in [-0.4, -0.2) is 67.8 Å². The Balaban J connectivity index is 2.14. The maximum atomic E-state index is 6.42. The third-order valence-corrected chi connectivity index (χ3v) is 12.0. The first-order valence-electron chi connectivity index (χ1n) is 11.0. The molecule has 4 atom stereocenters. The maximum Gasteiger partial charge on any atom is 0.399 e. The van der Waals surface area contributed by atoms with Crippen molar-refractivity contribution in [3.63, 3.8) is 0 Å². The predicted molar refractivity (Wildman–Crippen MR) is 109 cm³/mol. The zero-order valence-corrected chi connectivity index (χ0v) is 19.6. The van der Waals surface area contributed by atoms with E-state index in [1.807, 2.05) is 0 Å². The van der Waals surface area contributed by atoms with Gasteiger partial charge in [-0.1, -0.05) is 33.1 Å². The second-order valence-electron chi connectivity index (χ2n) is 8.67. The summed E-state index contributed by atoms with van der Waals surface area (Å²) in [5.41, 5.74) is -1.04. The summed E-state index contributed by atoms with van der Waals surface area (Å²) in [7, 11) is 4.32. The van der Waals surface area contributed by atoms with Gasteiger partial charge in [-0.3, -0.25) is 0 Å². The molecule has 3 fully saturated rings. The molecule has 0 aliphatic carbocycles. The third-order valence-electron chi connectivity index (χ3n) is 7.79. The first kappa shape index (κ1) is 22.7. The fourth-order valence-corrected chi connectivity index (χ4v) is 10.4. The number of methoxy groups -OCH3 is 2. The summed E-state index contributed by atoms with van der Waals surface area (Å²) in [5.74, 6) is 0.835. The monoisotopic (exact) mass is 416 g/mol. The molecule has 0 amide bonds. The van der Waals surface area contributed by atoms with E-state index in [1.165, 1.54) is 0 Å². The van der Waals surface area contributed by atoms with Gasteiger partial charge in [-0.05, 0) is 37.1 Å². The normalized spacial score (nSPS) is 35.4. The van der Waals surface area contributed by atoms with Crippen LogP contribution in [0.4, 0.5) is 0 Å². The molecular weight excluding hydrogens is 376 g/mol. The molecule has 0 radical (unpaired) electrons. The average Bonchev–Trinajstić information content (AvgIpc) is 3.65. The van der Waals surface area contributed by atoms with Crippen molar-refractivity contribution in [3.8, 4) is 0 Å². The molecule has 3 heterocycles. The van der Waals surface area contributed by atoms with Gasteiger partial charge in [0, 0.05) is 33.9 Å². The molecule has 0 saturated carbocycles. The van der Waals surface area contributed by atoms with Crippen molar-refractivity contribution in [3.05, 3.63) is 0 Å². The second kappa shape index (κ2) is 9.00. The van der Waals surface area contributed by atoms with Gasteiger partial charge in [-0.15, -0.1) is 0 Å². The van der Waals surface area contributed by atoms with Crippen molar-refractivity contribution >= 4 is 8.56 Å². The van der Waals surface area contributed by atoms with Crippen molar-refractivity contribution in [2.45, 2.75) is 76.0 Å². The first-order chi connectivity index (χ1) is 13.5. The van der Waals surface area contributed by atoms with E-state index in [2.05, 4.69) is 13.8 Å². The molecule has 0 aromatic heterocycles. The lowest BCUT2D eigenvalue weighted by molar-refractivity contribution is -0.286. The van der Waals surface area contributed by atoms with E-state index in [4.69, 9.17) is 27.8 Å². The van der Waals surface area contributed by atoms with Crippen LogP contribution in [0.1, 0.15) is 52.4 Å². The minimum Gasteiger partial charge on any atom is -0.395 e. The van der Waals surface area contributed by atoms with E-state index in [0.29, 0.717) is 24.0 Å². The molecule has 0 N–H and O–H groups in total. The highest BCUT2D eigenvalue weighted by molar-refractivity contribution is 6.70. The molecule has 7 heteroatoms. The SMILES string of the molecule is CCC(CC1CO1)C1(C(CC)CC2CO2)CCC[Si](OC)(OC)C1(OC)OC. The van der Waals surface area contributed by atoms with Gasteiger partial charge in [-0.2, -0.15) is 0 Å². The molecule has 6 nitrogen and oxygen atoms in total. The van der Waals surface area contributed by atoms with Gasteiger partial charge in [-0.25, -0.2) is 0 Å². The average molecular weight is 417 g/mol. The summed E-state index contributed by atoms with van der Waals surface area (Å²) in [4.78, 5) is 0. The Morgan fingerprint density at radius 1 is 0.893 bits per heavy atom. The Labute approximate surface area is 171 Å². The van der Waals surface area contributed by atoms with Crippen molar-refractivity contribution in [1.82, 2.24) is 0 Å². The van der Waals surface area contributed by atoms with Crippen LogP contribution in [0.2, 0.25) is 6.04 Å². The molecule has 164 valence electrons. The van der Waals surface area contributed by atoms with Crippen LogP contribution < -0.4 is 0 Å². The molecule has 3 aliphatic rings. The second-order valence-corrected chi connectivity index (χ2v) is 12.2. The number of hydrogen-bond acceptors (Lipinski definition) is 6. The summed E-state index contributed by atoms with van der Waals surface area (Å²) in [6.45, 7) is 6.34. The first-order valence-corrected chi connectivity index (χ1v) is 13.0. The highest BCUT2D eigenvalue weighted by atomic mass is 28.4. The van der Waals surface area contributed by atoms with Crippen LogP contribution in [0.3, 0.4) is 0 Å². The maximum absolute atomic E-state index is 6.42. The van der Waals surface area contributed by atoms with Gasteiger partial charge in [0.25, 0.3) is 0 Å². The fraction of sp³-hybridized carbons (Fsp3) is 1.00. The lowest BCUT2D eigenvalue weighted by atomic mass is 9.58. The van der Waals surface area contributed by atoms with E-state index in [-0.39, 0.29) is 5.41 Å². The highest BCUT2D eigenvalue weighted by Crippen LogP contribution is 2.63. The standard InChI is InChI=1S/C21H40O6Si/c1-7-16(12-18-14-26-18)20(17(8-2)13-19-15-27-19)10-9-11-28(24-5,25-6)21(20,22-3)23-4/h16-19H,7-15H2,1-6H3. The number of hydrogen-bond donors (Lipinski definition) is 0. The van der Waals surface area contributed by atoms with Crippen LogP contribution in [-0.2, 0) is 27.8 Å². The van der Waals surface area contributed by atoms with E-state index in [1.54, 1.807) is 28.4 Å². The smallest absolute Gasteiger partial charge is 0.395 e. The largest absolute Gasteiger partial charge is 0.399 e. The number of ether oxygens (including phenoxy) is 4. The zero-order valence-electron chi connectivity index (χ0n) is 18.6. The summed E-state index contributed by atoms with van der Waals surface area (Å²) in [5, 5.41) is 0. The quantitative estimate of drug-likeness (QED) is 0.275. The number of rotatable bonds is 12. The molecule has 0 aromatic rings. The highest BCUT2D eigenvalue weighted by Gasteiger charge is 2.74. The van der Waals surface area contributed by atoms with Crippen LogP contribution >= 0.6 is 0 Å². The van der Waals surface area contributed by atoms with Crippen molar-refractivity contribution < 1.29 is 27.8 Å². The summed E-state index contributed by atoms with van der Waals surface area (Å²) >= 11 is 0. The molecular formula is C21H40O6Si. The van der Waals surface area contributed by atoms with Crippen molar-refractivity contribution in [1.29, 1.82) is 0 Å². The lowest BCUT2D eigenvalue weighted by Crippen LogP contribution is -2.76. The molecule has 3 saturated heterocycles. The summed E-state index contributed by atoms with van der Waals surface area (Å²) in [6, 6.07) is 0.885. The van der Waals surface area contributed by atoms with Crippen molar-refractivity contribution in [2.24, 2.45) is 17.3 Å². The Kier molecular flexibility index (Phi) is 7.28. The molecule has 0 spiro atoms. The van der Waals surface area contributed by atoms with Gasteiger partial charge >= 0.3 is 8.56 Å². The Bertz CT molecular complexity index is 477. The zero-order chi connectivity index (χ0) is 20.4. The topological polar surface area (TPSA) is 62.0 Å². The molecule has 3 aliphatic heterocycles. The minimum absolute atomic E-state index is 0.186.